The van der Waals surface area contributed by atoms with E-state index in [0.717, 1.165) is 6.07 Å². The molecule has 0 aliphatic heterocycles. The molecule has 7 heteroatoms. The summed E-state index contributed by atoms with van der Waals surface area (Å²) in [6.07, 6.45) is -1.36. The Balaban J connectivity index is 2.54. The molecular weight excluding hydrogens is 315 g/mol. The van der Waals surface area contributed by atoms with E-state index in [9.17, 15) is 19.1 Å². The molecule has 0 radical (unpaired) electrons. The first-order valence-electron chi connectivity index (χ1n) is 7.72. The number of carbonyl (C=O) groups excluding carboxylic acids is 2. The lowest BCUT2D eigenvalue weighted by molar-refractivity contribution is -0.137. The van der Waals surface area contributed by atoms with E-state index in [1.807, 2.05) is 0 Å². The van der Waals surface area contributed by atoms with Gasteiger partial charge in [0.05, 0.1) is 6.61 Å². The molecule has 0 aliphatic rings. The topological polar surface area (TPSA) is 98.7 Å². The number of carbonyl (C=O) groups is 2. The van der Waals surface area contributed by atoms with Crippen molar-refractivity contribution in [2.24, 2.45) is 5.41 Å². The fraction of sp³-hybridized carbons (Fsp3) is 0.529. The summed E-state index contributed by atoms with van der Waals surface area (Å²) >= 11 is 0. The number of amides is 2. The van der Waals surface area contributed by atoms with Gasteiger partial charge in [0.1, 0.15) is 11.9 Å². The fourth-order valence-corrected chi connectivity index (χ4v) is 1.88. The van der Waals surface area contributed by atoms with Gasteiger partial charge in [-0.3, -0.25) is 9.59 Å². The number of hydrogen-bond acceptors (Lipinski definition) is 4. The van der Waals surface area contributed by atoms with E-state index < -0.39 is 35.2 Å². The van der Waals surface area contributed by atoms with E-state index in [4.69, 9.17) is 5.11 Å². The monoisotopic (exact) mass is 340 g/mol. The number of aliphatic hydroxyl groups excluding tert-OH is 2. The van der Waals surface area contributed by atoms with Gasteiger partial charge in [-0.15, -0.1) is 0 Å². The van der Waals surface area contributed by atoms with E-state index in [2.05, 4.69) is 10.6 Å². The van der Waals surface area contributed by atoms with Crippen LogP contribution in [-0.4, -0.2) is 47.3 Å². The summed E-state index contributed by atoms with van der Waals surface area (Å²) in [5, 5.41) is 24.2. The average molecular weight is 340 g/mol. The van der Waals surface area contributed by atoms with Gasteiger partial charge >= 0.3 is 0 Å². The minimum absolute atomic E-state index is 0.0947. The van der Waals surface area contributed by atoms with Crippen LogP contribution in [0.15, 0.2) is 18.2 Å². The largest absolute Gasteiger partial charge is 0.396 e. The third kappa shape index (κ3) is 5.28. The van der Waals surface area contributed by atoms with Crippen LogP contribution in [-0.2, 0) is 4.79 Å². The molecule has 0 aromatic heterocycles. The Hall–Kier alpha value is -1.99. The molecular formula is C17H25FN2O4. The second-order valence-corrected chi connectivity index (χ2v) is 6.63. The van der Waals surface area contributed by atoms with Gasteiger partial charge in [-0.25, -0.2) is 4.39 Å². The SMILES string of the molecule is Cc1ccc(C(=O)NC(C)CNC(=O)C(O)C(C)(C)CO)cc1F. The highest BCUT2D eigenvalue weighted by Crippen LogP contribution is 2.19. The van der Waals surface area contributed by atoms with Crippen LogP contribution in [0.25, 0.3) is 0 Å². The summed E-state index contributed by atoms with van der Waals surface area (Å²) in [6, 6.07) is 3.77. The lowest BCUT2D eigenvalue weighted by atomic mass is 9.87. The Morgan fingerprint density at radius 3 is 2.50 bits per heavy atom. The normalized spacial score (nSPS) is 14.0. The molecule has 6 nitrogen and oxygen atoms in total. The van der Waals surface area contributed by atoms with Crippen molar-refractivity contribution >= 4 is 11.8 Å². The van der Waals surface area contributed by atoms with Gasteiger partial charge in [0.2, 0.25) is 5.91 Å². The number of hydrogen-bond donors (Lipinski definition) is 4. The van der Waals surface area contributed by atoms with Crippen LogP contribution in [0.5, 0.6) is 0 Å². The van der Waals surface area contributed by atoms with Gasteiger partial charge in [-0.1, -0.05) is 19.9 Å². The molecule has 0 saturated heterocycles. The molecule has 0 heterocycles. The van der Waals surface area contributed by atoms with Gasteiger partial charge < -0.3 is 20.8 Å². The third-order valence-corrected chi connectivity index (χ3v) is 3.79. The van der Waals surface area contributed by atoms with Gasteiger partial charge in [0, 0.05) is 23.6 Å². The van der Waals surface area contributed by atoms with Gasteiger partial charge in [0.15, 0.2) is 0 Å². The van der Waals surface area contributed by atoms with E-state index in [1.54, 1.807) is 27.7 Å². The molecule has 1 rings (SSSR count). The van der Waals surface area contributed by atoms with Crippen molar-refractivity contribution in [3.05, 3.63) is 35.1 Å². The van der Waals surface area contributed by atoms with Crippen LogP contribution in [0.1, 0.15) is 36.7 Å². The minimum atomic E-state index is -1.36. The average Bonchev–Trinajstić information content (AvgIpc) is 2.54. The van der Waals surface area contributed by atoms with Crippen molar-refractivity contribution in [3.8, 4) is 0 Å². The van der Waals surface area contributed by atoms with Gasteiger partial charge in [-0.2, -0.15) is 0 Å². The fourth-order valence-electron chi connectivity index (χ4n) is 1.88. The standard InChI is InChI=1S/C17H25FN2O4/c1-10-5-6-12(7-13(10)18)15(23)20-11(2)8-19-16(24)14(22)17(3,4)9-21/h5-7,11,14,21-22H,8-9H2,1-4H3,(H,19,24)(H,20,23). The molecule has 0 bridgehead atoms. The molecule has 0 saturated carbocycles. The maximum atomic E-state index is 13.5. The van der Waals surface area contributed by atoms with Crippen LogP contribution in [0.3, 0.4) is 0 Å². The maximum absolute atomic E-state index is 13.5. The summed E-state index contributed by atoms with van der Waals surface area (Å²) in [5.74, 6) is -1.54. The molecule has 134 valence electrons. The molecule has 4 N–H and O–H groups in total. The summed E-state index contributed by atoms with van der Waals surface area (Å²) in [7, 11) is 0. The van der Waals surface area contributed by atoms with Gasteiger partial charge in [0.25, 0.3) is 5.91 Å². The van der Waals surface area contributed by atoms with Crippen molar-refractivity contribution in [3.63, 3.8) is 0 Å². The molecule has 0 aliphatic carbocycles. The molecule has 24 heavy (non-hydrogen) atoms. The molecule has 2 atom stereocenters. The Kier molecular flexibility index (Phi) is 6.86. The molecule has 1 aromatic rings. The smallest absolute Gasteiger partial charge is 0.251 e. The molecule has 0 fully saturated rings. The van der Waals surface area contributed by atoms with Crippen molar-refractivity contribution in [2.45, 2.75) is 39.8 Å². The Morgan fingerprint density at radius 1 is 1.33 bits per heavy atom. The zero-order valence-corrected chi connectivity index (χ0v) is 14.4. The first kappa shape index (κ1) is 20.1. The predicted molar refractivity (Wildman–Crippen MR) is 87.9 cm³/mol. The van der Waals surface area contributed by atoms with E-state index >= 15 is 0 Å². The second kappa shape index (κ2) is 8.21. The van der Waals surface area contributed by atoms with Crippen molar-refractivity contribution < 1.29 is 24.2 Å². The number of nitrogens with one attached hydrogen (secondary N) is 2. The van der Waals surface area contributed by atoms with E-state index in [1.165, 1.54) is 12.1 Å². The lowest BCUT2D eigenvalue weighted by Gasteiger charge is -2.27. The summed E-state index contributed by atoms with van der Waals surface area (Å²) in [4.78, 5) is 23.9. The summed E-state index contributed by atoms with van der Waals surface area (Å²) in [6.45, 7) is 6.16. The Bertz CT molecular complexity index is 604. The zero-order valence-electron chi connectivity index (χ0n) is 14.4. The van der Waals surface area contributed by atoms with Crippen LogP contribution >= 0.6 is 0 Å². The van der Waals surface area contributed by atoms with Crippen LogP contribution in [0.4, 0.5) is 4.39 Å². The highest BCUT2D eigenvalue weighted by atomic mass is 19.1. The van der Waals surface area contributed by atoms with Crippen molar-refractivity contribution in [1.29, 1.82) is 0 Å². The lowest BCUT2D eigenvalue weighted by Crippen LogP contribution is -2.49. The van der Waals surface area contributed by atoms with E-state index in [-0.39, 0.29) is 18.7 Å². The highest BCUT2D eigenvalue weighted by molar-refractivity contribution is 5.94. The maximum Gasteiger partial charge on any atom is 0.251 e. The number of aryl methyl sites for hydroxylation is 1. The first-order valence-corrected chi connectivity index (χ1v) is 7.72. The van der Waals surface area contributed by atoms with Crippen LogP contribution < -0.4 is 10.6 Å². The number of benzene rings is 1. The molecule has 1 aromatic carbocycles. The summed E-state index contributed by atoms with van der Waals surface area (Å²) < 4.78 is 13.5. The first-order chi connectivity index (χ1) is 11.1. The van der Waals surface area contributed by atoms with Crippen molar-refractivity contribution in [1.82, 2.24) is 10.6 Å². The highest BCUT2D eigenvalue weighted by Gasteiger charge is 2.32. The third-order valence-electron chi connectivity index (χ3n) is 3.79. The van der Waals surface area contributed by atoms with Crippen LogP contribution in [0.2, 0.25) is 0 Å². The Morgan fingerprint density at radius 2 is 1.96 bits per heavy atom. The zero-order chi connectivity index (χ0) is 18.5. The van der Waals surface area contributed by atoms with Crippen molar-refractivity contribution in [2.75, 3.05) is 13.2 Å². The number of aliphatic hydroxyl groups is 2. The molecule has 2 unspecified atom stereocenters. The summed E-state index contributed by atoms with van der Waals surface area (Å²) in [5.41, 5.74) is -0.319. The van der Waals surface area contributed by atoms with Gasteiger partial charge in [-0.05, 0) is 31.5 Å². The number of halogens is 1. The predicted octanol–water partition coefficient (Wildman–Crippen LogP) is 0.748. The van der Waals surface area contributed by atoms with Crippen LogP contribution in [0, 0.1) is 18.2 Å². The minimum Gasteiger partial charge on any atom is -0.396 e. The quantitative estimate of drug-likeness (QED) is 0.589. The molecule has 2 amide bonds. The Labute approximate surface area is 141 Å². The second-order valence-electron chi connectivity index (χ2n) is 6.63. The van der Waals surface area contributed by atoms with E-state index in [0.29, 0.717) is 5.56 Å². The molecule has 0 spiro atoms. The number of rotatable bonds is 7.